The van der Waals surface area contributed by atoms with Crippen LogP contribution >= 0.6 is 11.3 Å². The maximum Gasteiger partial charge on any atom is 0.222 e. The van der Waals surface area contributed by atoms with Gasteiger partial charge in [0.1, 0.15) is 5.75 Å². The quantitative estimate of drug-likeness (QED) is 0.354. The molecule has 1 aliphatic carbocycles. The van der Waals surface area contributed by atoms with E-state index < -0.39 is 0 Å². The summed E-state index contributed by atoms with van der Waals surface area (Å²) in [5, 5.41) is 1.04. The second kappa shape index (κ2) is 10.5. The van der Waals surface area contributed by atoms with E-state index in [1.165, 1.54) is 24.1 Å². The average molecular weight is 464 g/mol. The van der Waals surface area contributed by atoms with Crippen molar-refractivity contribution in [2.45, 2.75) is 57.3 Å². The highest BCUT2D eigenvalue weighted by Gasteiger charge is 2.27. The number of hydrogen-bond donors (Lipinski definition) is 0. The molecule has 2 aromatic carbocycles. The second-order valence-electron chi connectivity index (χ2n) is 9.21. The lowest BCUT2D eigenvalue weighted by Gasteiger charge is -2.21. The number of rotatable bonds is 8. The van der Waals surface area contributed by atoms with E-state index in [-0.39, 0.29) is 11.7 Å². The Hall–Kier alpha value is -2.66. The fourth-order valence-corrected chi connectivity index (χ4v) is 6.14. The third kappa shape index (κ3) is 5.30. The van der Waals surface area contributed by atoms with E-state index in [0.717, 1.165) is 58.2 Å². The van der Waals surface area contributed by atoms with Crippen molar-refractivity contribution in [3.05, 3.63) is 64.0 Å². The highest BCUT2D eigenvalue weighted by molar-refractivity contribution is 7.19. The van der Waals surface area contributed by atoms with Gasteiger partial charge in [-0.3, -0.25) is 9.59 Å². The van der Waals surface area contributed by atoms with Gasteiger partial charge in [-0.15, -0.1) is 11.3 Å². The van der Waals surface area contributed by atoms with Gasteiger partial charge in [0, 0.05) is 46.6 Å². The minimum Gasteiger partial charge on any atom is -0.497 e. The normalized spacial score (nSPS) is 14.4. The monoisotopic (exact) mass is 463 g/mol. The van der Waals surface area contributed by atoms with Gasteiger partial charge < -0.3 is 9.64 Å². The molecule has 1 amide bonds. The summed E-state index contributed by atoms with van der Waals surface area (Å²) in [6.07, 6.45) is 8.28. The number of thiophene rings is 1. The van der Waals surface area contributed by atoms with E-state index in [9.17, 15) is 9.59 Å². The predicted molar refractivity (Wildman–Crippen MR) is 136 cm³/mol. The molecule has 0 aliphatic heterocycles. The van der Waals surface area contributed by atoms with E-state index in [1.54, 1.807) is 37.4 Å². The van der Waals surface area contributed by atoms with Gasteiger partial charge in [0.2, 0.25) is 5.91 Å². The Bertz CT molecular complexity index is 1120. The van der Waals surface area contributed by atoms with Crippen LogP contribution in [0, 0.1) is 0 Å². The molecule has 0 saturated heterocycles. The van der Waals surface area contributed by atoms with Crippen molar-refractivity contribution in [3.63, 3.8) is 0 Å². The van der Waals surface area contributed by atoms with Gasteiger partial charge in [0.25, 0.3) is 0 Å². The fourth-order valence-electron chi connectivity index (χ4n) is 4.74. The van der Waals surface area contributed by atoms with Gasteiger partial charge in [-0.25, -0.2) is 0 Å². The zero-order valence-electron chi connectivity index (χ0n) is 19.9. The first-order valence-corrected chi connectivity index (χ1v) is 12.7. The number of carbonyl (C=O) groups is 2. The minimum atomic E-state index is 0.112. The molecule has 1 heterocycles. The molecule has 0 atom stereocenters. The Morgan fingerprint density at radius 2 is 1.76 bits per heavy atom. The molecule has 3 aromatic rings. The summed E-state index contributed by atoms with van der Waals surface area (Å²) in [4.78, 5) is 28.4. The van der Waals surface area contributed by atoms with Crippen LogP contribution in [-0.4, -0.2) is 37.8 Å². The molecular formula is C28H33NO3S. The number of ketones is 1. The lowest BCUT2D eigenvalue weighted by atomic mass is 9.85. The van der Waals surface area contributed by atoms with Crippen molar-refractivity contribution in [2.75, 3.05) is 21.2 Å². The van der Waals surface area contributed by atoms with Gasteiger partial charge >= 0.3 is 0 Å². The van der Waals surface area contributed by atoms with Crippen molar-refractivity contribution in [2.24, 2.45) is 0 Å². The maximum atomic E-state index is 13.8. The number of carbonyl (C=O) groups excluding carboxylic acids is 2. The van der Waals surface area contributed by atoms with Crippen molar-refractivity contribution in [3.8, 4) is 5.75 Å². The summed E-state index contributed by atoms with van der Waals surface area (Å²) < 4.78 is 6.56. The van der Waals surface area contributed by atoms with Crippen LogP contribution in [0.2, 0.25) is 0 Å². The Balaban J connectivity index is 1.59. The zero-order valence-corrected chi connectivity index (χ0v) is 20.7. The molecule has 5 heteroatoms. The predicted octanol–water partition coefficient (Wildman–Crippen LogP) is 6.60. The number of ether oxygens (including phenoxy) is 1. The molecular weight excluding hydrogens is 430 g/mol. The zero-order chi connectivity index (χ0) is 23.4. The summed E-state index contributed by atoms with van der Waals surface area (Å²) in [6, 6.07) is 14.0. The number of amides is 1. The first-order chi connectivity index (χ1) is 16.0. The van der Waals surface area contributed by atoms with Crippen LogP contribution in [0.3, 0.4) is 0 Å². The molecule has 4 nitrogen and oxygen atoms in total. The molecule has 4 rings (SSSR count). The van der Waals surface area contributed by atoms with Crippen LogP contribution in [0.4, 0.5) is 0 Å². The SMILES string of the molecule is COc1ccc2c(C(=O)c3ccc(CCCC(=O)N(C)C)cc3)c(C3CCCCC3)sc2c1. The summed E-state index contributed by atoms with van der Waals surface area (Å²) in [7, 11) is 5.25. The molecule has 0 unspecified atom stereocenters. The molecule has 0 N–H and O–H groups in total. The summed E-state index contributed by atoms with van der Waals surface area (Å²) in [5.41, 5.74) is 2.77. The van der Waals surface area contributed by atoms with Crippen LogP contribution in [-0.2, 0) is 11.2 Å². The Kier molecular flexibility index (Phi) is 7.49. The van der Waals surface area contributed by atoms with Crippen molar-refractivity contribution in [1.29, 1.82) is 0 Å². The van der Waals surface area contributed by atoms with E-state index in [1.807, 2.05) is 36.4 Å². The molecule has 0 bridgehead atoms. The van der Waals surface area contributed by atoms with Gasteiger partial charge in [-0.1, -0.05) is 43.5 Å². The van der Waals surface area contributed by atoms with E-state index in [4.69, 9.17) is 4.74 Å². The number of nitrogens with zero attached hydrogens (tertiary/aromatic N) is 1. The summed E-state index contributed by atoms with van der Waals surface area (Å²) in [6.45, 7) is 0. The van der Waals surface area contributed by atoms with Crippen LogP contribution in [0.25, 0.3) is 10.1 Å². The Morgan fingerprint density at radius 1 is 1.03 bits per heavy atom. The Labute approximate surface area is 200 Å². The number of aryl methyl sites for hydroxylation is 1. The lowest BCUT2D eigenvalue weighted by molar-refractivity contribution is -0.128. The van der Waals surface area contributed by atoms with E-state index in [0.29, 0.717) is 12.3 Å². The van der Waals surface area contributed by atoms with E-state index >= 15 is 0 Å². The number of hydrogen-bond acceptors (Lipinski definition) is 4. The van der Waals surface area contributed by atoms with Crippen LogP contribution in [0.1, 0.15) is 77.2 Å². The van der Waals surface area contributed by atoms with Crippen LogP contribution < -0.4 is 4.74 Å². The standard InChI is InChI=1S/C28H33NO3S/c1-29(2)25(30)11-7-8-19-12-14-20(15-13-19)27(31)26-23-17-16-22(32-3)18-24(23)33-28(26)21-9-5-4-6-10-21/h12-18,21H,4-11H2,1-3H3. The highest BCUT2D eigenvalue weighted by atomic mass is 32.1. The molecule has 1 aliphatic rings. The molecule has 33 heavy (non-hydrogen) atoms. The molecule has 1 aromatic heterocycles. The first-order valence-electron chi connectivity index (χ1n) is 11.9. The lowest BCUT2D eigenvalue weighted by Crippen LogP contribution is -2.21. The molecule has 1 fully saturated rings. The second-order valence-corrected chi connectivity index (χ2v) is 10.3. The van der Waals surface area contributed by atoms with Gasteiger partial charge in [-0.05, 0) is 55.4 Å². The van der Waals surface area contributed by atoms with Crippen LogP contribution in [0.5, 0.6) is 5.75 Å². The molecule has 0 radical (unpaired) electrons. The fraction of sp³-hybridized carbons (Fsp3) is 0.429. The minimum absolute atomic E-state index is 0.112. The number of benzene rings is 2. The third-order valence-electron chi connectivity index (χ3n) is 6.70. The topological polar surface area (TPSA) is 46.6 Å². The number of methoxy groups -OCH3 is 1. The Morgan fingerprint density at radius 3 is 2.42 bits per heavy atom. The maximum absolute atomic E-state index is 13.8. The first kappa shape index (κ1) is 23.5. The largest absolute Gasteiger partial charge is 0.497 e. The van der Waals surface area contributed by atoms with Gasteiger partial charge in [-0.2, -0.15) is 0 Å². The third-order valence-corrected chi connectivity index (χ3v) is 8.01. The number of fused-ring (bicyclic) bond motifs is 1. The van der Waals surface area contributed by atoms with Crippen molar-refractivity contribution in [1.82, 2.24) is 4.90 Å². The van der Waals surface area contributed by atoms with Gasteiger partial charge in [0.05, 0.1) is 7.11 Å². The van der Waals surface area contributed by atoms with Crippen LogP contribution in [0.15, 0.2) is 42.5 Å². The molecule has 0 spiro atoms. The molecule has 174 valence electrons. The van der Waals surface area contributed by atoms with Crippen molar-refractivity contribution < 1.29 is 14.3 Å². The summed E-state index contributed by atoms with van der Waals surface area (Å²) in [5.74, 6) is 1.56. The average Bonchev–Trinajstić information content (AvgIpc) is 3.23. The highest BCUT2D eigenvalue weighted by Crippen LogP contribution is 2.44. The molecule has 1 saturated carbocycles. The van der Waals surface area contributed by atoms with E-state index in [2.05, 4.69) is 6.07 Å². The smallest absolute Gasteiger partial charge is 0.222 e. The summed E-state index contributed by atoms with van der Waals surface area (Å²) >= 11 is 1.77. The van der Waals surface area contributed by atoms with Gasteiger partial charge in [0.15, 0.2) is 5.78 Å². The van der Waals surface area contributed by atoms with Crippen molar-refractivity contribution >= 4 is 33.1 Å².